The number of aryl methyl sites for hydroxylation is 2. The van der Waals surface area contributed by atoms with Crippen LogP contribution in [0.25, 0.3) is 0 Å². The lowest BCUT2D eigenvalue weighted by molar-refractivity contribution is 0.600. The highest BCUT2D eigenvalue weighted by Crippen LogP contribution is 2.37. The van der Waals surface area contributed by atoms with E-state index < -0.39 is 0 Å². The first-order valence-electron chi connectivity index (χ1n) is 5.81. The van der Waals surface area contributed by atoms with Crippen molar-refractivity contribution in [2.75, 3.05) is 0 Å². The molecule has 1 aromatic rings. The Balaban J connectivity index is 2.07. The van der Waals surface area contributed by atoms with Gasteiger partial charge >= 0.3 is 0 Å². The van der Waals surface area contributed by atoms with E-state index in [1.165, 1.54) is 24.1 Å². The van der Waals surface area contributed by atoms with Crippen LogP contribution in [0.4, 0.5) is 0 Å². The molecule has 0 radical (unpaired) electrons. The highest BCUT2D eigenvalue weighted by Gasteiger charge is 2.37. The Morgan fingerprint density at radius 3 is 2.73 bits per heavy atom. The first kappa shape index (κ1) is 10.7. The van der Waals surface area contributed by atoms with Crippen molar-refractivity contribution in [2.24, 2.45) is 12.8 Å². The lowest BCUT2D eigenvalue weighted by Gasteiger charge is -2.11. The Morgan fingerprint density at radius 1 is 1.53 bits per heavy atom. The zero-order chi connectivity index (χ0) is 11.1. The highest BCUT2D eigenvalue weighted by atomic mass is 15.3. The highest BCUT2D eigenvalue weighted by molar-refractivity contribution is 5.22. The summed E-state index contributed by atoms with van der Waals surface area (Å²) in [4.78, 5) is 0. The van der Waals surface area contributed by atoms with Gasteiger partial charge in [0, 0.05) is 18.3 Å². The van der Waals surface area contributed by atoms with E-state index in [2.05, 4.69) is 18.9 Å². The molecule has 0 aromatic carbocycles. The van der Waals surface area contributed by atoms with Crippen LogP contribution in [0.2, 0.25) is 0 Å². The average molecular weight is 207 g/mol. The Labute approximate surface area is 91.7 Å². The molecule has 3 heteroatoms. The summed E-state index contributed by atoms with van der Waals surface area (Å²) in [6.45, 7) is 4.44. The van der Waals surface area contributed by atoms with Crippen LogP contribution in [0.15, 0.2) is 6.20 Å². The second-order valence-electron chi connectivity index (χ2n) is 5.20. The summed E-state index contributed by atoms with van der Waals surface area (Å²) in [6.07, 6.45) is 6.59. The third-order valence-electron chi connectivity index (χ3n) is 3.40. The molecule has 1 heterocycles. The van der Waals surface area contributed by atoms with E-state index in [0.717, 1.165) is 12.8 Å². The van der Waals surface area contributed by atoms with Gasteiger partial charge in [0.2, 0.25) is 0 Å². The SMILES string of the molecule is CC(C)c1c(CCC2(N)CC2)cnn1C. The van der Waals surface area contributed by atoms with Crippen molar-refractivity contribution in [3.8, 4) is 0 Å². The van der Waals surface area contributed by atoms with Crippen LogP contribution in [0.5, 0.6) is 0 Å². The van der Waals surface area contributed by atoms with E-state index in [9.17, 15) is 0 Å². The van der Waals surface area contributed by atoms with Gasteiger partial charge in [-0.25, -0.2) is 0 Å². The van der Waals surface area contributed by atoms with Gasteiger partial charge in [0.1, 0.15) is 0 Å². The monoisotopic (exact) mass is 207 g/mol. The molecule has 1 aliphatic rings. The molecule has 0 saturated heterocycles. The van der Waals surface area contributed by atoms with E-state index in [1.807, 2.05) is 17.9 Å². The number of nitrogens with two attached hydrogens (primary N) is 1. The standard InChI is InChI=1S/C12H21N3/c1-9(2)11-10(8-14-15(11)3)4-5-12(13)6-7-12/h8-9H,4-7,13H2,1-3H3. The Hall–Kier alpha value is -0.830. The van der Waals surface area contributed by atoms with E-state index >= 15 is 0 Å². The Bertz CT molecular complexity index is 348. The normalized spacial score (nSPS) is 18.5. The van der Waals surface area contributed by atoms with Gasteiger partial charge in [0.25, 0.3) is 0 Å². The molecule has 0 bridgehead atoms. The van der Waals surface area contributed by atoms with Crippen molar-refractivity contribution < 1.29 is 0 Å². The molecule has 2 rings (SSSR count). The molecule has 0 amide bonds. The molecule has 1 fully saturated rings. The van der Waals surface area contributed by atoms with Crippen LogP contribution >= 0.6 is 0 Å². The maximum Gasteiger partial charge on any atom is 0.0524 e. The Kier molecular flexibility index (Phi) is 2.59. The third kappa shape index (κ3) is 2.23. The van der Waals surface area contributed by atoms with Crippen molar-refractivity contribution in [1.29, 1.82) is 0 Å². The molecular formula is C12H21N3. The maximum absolute atomic E-state index is 6.10. The minimum atomic E-state index is 0.157. The largest absolute Gasteiger partial charge is 0.325 e. The molecule has 1 aromatic heterocycles. The van der Waals surface area contributed by atoms with Gasteiger partial charge in [-0.15, -0.1) is 0 Å². The minimum Gasteiger partial charge on any atom is -0.325 e. The van der Waals surface area contributed by atoms with Crippen molar-refractivity contribution in [3.05, 3.63) is 17.5 Å². The van der Waals surface area contributed by atoms with Crippen molar-refractivity contribution in [1.82, 2.24) is 9.78 Å². The van der Waals surface area contributed by atoms with Gasteiger partial charge in [0.15, 0.2) is 0 Å². The summed E-state index contributed by atoms with van der Waals surface area (Å²) in [5.74, 6) is 0.542. The quantitative estimate of drug-likeness (QED) is 0.820. The van der Waals surface area contributed by atoms with Gasteiger partial charge < -0.3 is 5.73 Å². The molecule has 1 aliphatic carbocycles. The predicted octanol–water partition coefficient (Wildman–Crippen LogP) is 1.97. The molecule has 0 aliphatic heterocycles. The molecule has 3 nitrogen and oxygen atoms in total. The molecule has 2 N–H and O–H groups in total. The van der Waals surface area contributed by atoms with E-state index in [0.29, 0.717) is 5.92 Å². The number of hydrogen-bond acceptors (Lipinski definition) is 2. The van der Waals surface area contributed by atoms with Crippen LogP contribution in [0, 0.1) is 0 Å². The second kappa shape index (κ2) is 3.63. The van der Waals surface area contributed by atoms with Crippen LogP contribution in [-0.2, 0) is 13.5 Å². The zero-order valence-corrected chi connectivity index (χ0v) is 9.95. The number of rotatable bonds is 4. The summed E-state index contributed by atoms with van der Waals surface area (Å²) in [5.41, 5.74) is 9.00. The number of hydrogen-bond donors (Lipinski definition) is 1. The van der Waals surface area contributed by atoms with Gasteiger partial charge in [0.05, 0.1) is 6.20 Å². The van der Waals surface area contributed by atoms with Gasteiger partial charge in [-0.2, -0.15) is 5.10 Å². The molecule has 1 saturated carbocycles. The van der Waals surface area contributed by atoms with Crippen LogP contribution in [-0.4, -0.2) is 15.3 Å². The predicted molar refractivity (Wildman–Crippen MR) is 61.8 cm³/mol. The van der Waals surface area contributed by atoms with E-state index in [1.54, 1.807) is 0 Å². The lowest BCUT2D eigenvalue weighted by Crippen LogP contribution is -2.22. The van der Waals surface area contributed by atoms with Crippen molar-refractivity contribution in [3.63, 3.8) is 0 Å². The second-order valence-corrected chi connectivity index (χ2v) is 5.20. The van der Waals surface area contributed by atoms with Crippen molar-refractivity contribution in [2.45, 2.75) is 51.0 Å². The topological polar surface area (TPSA) is 43.8 Å². The summed E-state index contributed by atoms with van der Waals surface area (Å²) in [5, 5.41) is 4.33. The molecule has 84 valence electrons. The van der Waals surface area contributed by atoms with Crippen LogP contribution < -0.4 is 5.73 Å². The molecule has 0 atom stereocenters. The van der Waals surface area contributed by atoms with Crippen LogP contribution in [0.1, 0.15) is 50.3 Å². The first-order chi connectivity index (χ1) is 7.02. The maximum atomic E-state index is 6.10. The molecule has 15 heavy (non-hydrogen) atoms. The zero-order valence-electron chi connectivity index (χ0n) is 9.95. The lowest BCUT2D eigenvalue weighted by atomic mass is 10.00. The summed E-state index contributed by atoms with van der Waals surface area (Å²) in [7, 11) is 2.02. The summed E-state index contributed by atoms with van der Waals surface area (Å²) in [6, 6.07) is 0. The fourth-order valence-electron chi connectivity index (χ4n) is 2.22. The fraction of sp³-hybridized carbons (Fsp3) is 0.750. The summed E-state index contributed by atoms with van der Waals surface area (Å²) >= 11 is 0. The number of aromatic nitrogens is 2. The smallest absolute Gasteiger partial charge is 0.0524 e. The van der Waals surface area contributed by atoms with E-state index in [4.69, 9.17) is 5.73 Å². The van der Waals surface area contributed by atoms with Crippen molar-refractivity contribution >= 4 is 0 Å². The molecular weight excluding hydrogens is 186 g/mol. The third-order valence-corrected chi connectivity index (χ3v) is 3.40. The van der Waals surface area contributed by atoms with Gasteiger partial charge in [-0.1, -0.05) is 13.8 Å². The Morgan fingerprint density at radius 2 is 2.20 bits per heavy atom. The van der Waals surface area contributed by atoms with E-state index in [-0.39, 0.29) is 5.54 Å². The van der Waals surface area contributed by atoms with Gasteiger partial charge in [-0.05, 0) is 37.2 Å². The van der Waals surface area contributed by atoms with Crippen LogP contribution in [0.3, 0.4) is 0 Å². The first-order valence-corrected chi connectivity index (χ1v) is 5.81. The molecule has 0 unspecified atom stereocenters. The summed E-state index contributed by atoms with van der Waals surface area (Å²) < 4.78 is 2.00. The van der Waals surface area contributed by atoms with Gasteiger partial charge in [-0.3, -0.25) is 4.68 Å². The molecule has 0 spiro atoms. The fourth-order valence-corrected chi connectivity index (χ4v) is 2.22. The number of nitrogens with zero attached hydrogens (tertiary/aromatic N) is 2. The average Bonchev–Trinajstić information content (AvgIpc) is 2.76. The minimum absolute atomic E-state index is 0.157.